The number of aryl methyl sites for hydroxylation is 2. The summed E-state index contributed by atoms with van der Waals surface area (Å²) in [5.74, 6) is -1.03. The van der Waals surface area contributed by atoms with Crippen molar-refractivity contribution in [3.63, 3.8) is 0 Å². The number of carbonyl (C=O) groups excluding carboxylic acids is 2. The van der Waals surface area contributed by atoms with Crippen LogP contribution in [0.3, 0.4) is 0 Å². The number of nitrogens with one attached hydrogen (secondary N) is 2. The maximum Gasteiger partial charge on any atom is 0.273 e. The van der Waals surface area contributed by atoms with Crippen molar-refractivity contribution in [2.24, 2.45) is 0 Å². The Labute approximate surface area is 182 Å². The van der Waals surface area contributed by atoms with Gasteiger partial charge in [0.2, 0.25) is 0 Å². The van der Waals surface area contributed by atoms with Crippen LogP contribution in [0.15, 0.2) is 60.7 Å². The molecule has 10 heteroatoms. The van der Waals surface area contributed by atoms with Crippen molar-refractivity contribution < 1.29 is 19.4 Å². The minimum absolute atomic E-state index is 0.139. The SMILES string of the molecule is Cc1ccc(C(=O)Nc2ccc(NC(=O)c3ccc(C)c([N+](=O)[O-])c3)cc2)cc1[N+](=O)[O-]. The molecule has 0 aliphatic carbocycles. The predicted octanol–water partition coefficient (Wildman–Crippen LogP) is 4.62. The zero-order chi connectivity index (χ0) is 23.4. The number of nitrogens with zero attached hydrogens (tertiary/aromatic N) is 2. The molecule has 0 fully saturated rings. The number of anilines is 2. The van der Waals surface area contributed by atoms with E-state index in [1.165, 1.54) is 36.4 Å². The maximum absolute atomic E-state index is 12.4. The summed E-state index contributed by atoms with van der Waals surface area (Å²) in [6.45, 7) is 3.17. The van der Waals surface area contributed by atoms with Gasteiger partial charge in [-0.05, 0) is 50.2 Å². The number of nitro groups is 2. The van der Waals surface area contributed by atoms with Crippen LogP contribution < -0.4 is 10.6 Å². The number of hydrogen-bond donors (Lipinski definition) is 2. The second kappa shape index (κ2) is 9.04. The van der Waals surface area contributed by atoms with Crippen molar-refractivity contribution in [1.82, 2.24) is 0 Å². The van der Waals surface area contributed by atoms with Gasteiger partial charge in [0.1, 0.15) is 0 Å². The maximum atomic E-state index is 12.4. The molecule has 0 bridgehead atoms. The number of benzene rings is 3. The third-order valence-electron chi connectivity index (χ3n) is 4.74. The average molecular weight is 434 g/mol. The number of hydrogen-bond acceptors (Lipinski definition) is 6. The minimum atomic E-state index is -0.549. The van der Waals surface area contributed by atoms with Crippen LogP contribution in [0, 0.1) is 34.1 Å². The van der Waals surface area contributed by atoms with Crippen molar-refractivity contribution in [1.29, 1.82) is 0 Å². The van der Waals surface area contributed by atoms with Crippen LogP contribution in [0.5, 0.6) is 0 Å². The van der Waals surface area contributed by atoms with Crippen LogP contribution in [0.25, 0.3) is 0 Å². The van der Waals surface area contributed by atoms with Gasteiger partial charge in [0.05, 0.1) is 9.85 Å². The highest BCUT2D eigenvalue weighted by Gasteiger charge is 2.16. The molecule has 0 atom stereocenters. The van der Waals surface area contributed by atoms with Gasteiger partial charge >= 0.3 is 0 Å². The Morgan fingerprint density at radius 2 is 1.00 bits per heavy atom. The molecule has 0 aliphatic rings. The summed E-state index contributed by atoms with van der Waals surface area (Å²) in [5.41, 5.74) is 1.72. The van der Waals surface area contributed by atoms with Crippen LogP contribution in [-0.2, 0) is 0 Å². The second-order valence-corrected chi connectivity index (χ2v) is 7.00. The van der Waals surface area contributed by atoms with Gasteiger partial charge in [0.15, 0.2) is 0 Å². The normalized spacial score (nSPS) is 10.3. The molecule has 162 valence electrons. The zero-order valence-corrected chi connectivity index (χ0v) is 17.1. The first-order valence-electron chi connectivity index (χ1n) is 9.38. The fourth-order valence-electron chi connectivity index (χ4n) is 2.94. The molecule has 3 rings (SSSR count). The molecule has 0 unspecified atom stereocenters. The number of carbonyl (C=O) groups is 2. The van der Waals surface area contributed by atoms with Gasteiger partial charge in [-0.3, -0.25) is 29.8 Å². The highest BCUT2D eigenvalue weighted by Crippen LogP contribution is 2.22. The van der Waals surface area contributed by atoms with E-state index in [0.29, 0.717) is 22.5 Å². The van der Waals surface area contributed by atoms with Gasteiger partial charge in [-0.2, -0.15) is 0 Å². The lowest BCUT2D eigenvalue weighted by Gasteiger charge is -2.09. The van der Waals surface area contributed by atoms with Crippen LogP contribution in [-0.4, -0.2) is 21.7 Å². The summed E-state index contributed by atoms with van der Waals surface area (Å²) in [4.78, 5) is 45.8. The first-order valence-corrected chi connectivity index (χ1v) is 9.38. The molecule has 3 aromatic carbocycles. The average Bonchev–Trinajstić information content (AvgIpc) is 2.75. The Bertz CT molecular complexity index is 1140. The fraction of sp³-hybridized carbons (Fsp3) is 0.0909. The lowest BCUT2D eigenvalue weighted by molar-refractivity contribution is -0.385. The highest BCUT2D eigenvalue weighted by atomic mass is 16.6. The molecule has 2 amide bonds. The third-order valence-corrected chi connectivity index (χ3v) is 4.74. The van der Waals surface area contributed by atoms with Gasteiger partial charge < -0.3 is 10.6 Å². The standard InChI is InChI=1S/C22H18N4O6/c1-13-3-5-15(11-19(13)25(29)30)21(27)23-17-7-9-18(10-8-17)24-22(28)16-6-4-14(2)20(12-16)26(31)32/h3-12H,1-2H3,(H,23,27)(H,24,28). The van der Waals surface area contributed by atoms with Crippen LogP contribution in [0.1, 0.15) is 31.8 Å². The number of rotatable bonds is 6. The van der Waals surface area contributed by atoms with E-state index in [1.807, 2.05) is 0 Å². The smallest absolute Gasteiger partial charge is 0.273 e. The van der Waals surface area contributed by atoms with Gasteiger partial charge in [-0.15, -0.1) is 0 Å². The monoisotopic (exact) mass is 434 g/mol. The Hall–Kier alpha value is -4.60. The third kappa shape index (κ3) is 4.93. The van der Waals surface area contributed by atoms with E-state index in [4.69, 9.17) is 0 Å². The summed E-state index contributed by atoms with van der Waals surface area (Å²) in [7, 11) is 0. The molecule has 32 heavy (non-hydrogen) atoms. The highest BCUT2D eigenvalue weighted by molar-refractivity contribution is 6.06. The molecule has 0 saturated heterocycles. The molecule has 0 spiro atoms. The van der Waals surface area contributed by atoms with Crippen molar-refractivity contribution in [2.45, 2.75) is 13.8 Å². The van der Waals surface area contributed by atoms with Gasteiger partial charge in [0.25, 0.3) is 23.2 Å². The van der Waals surface area contributed by atoms with E-state index in [0.717, 1.165) is 0 Å². The lowest BCUT2D eigenvalue weighted by atomic mass is 10.1. The molecule has 2 N–H and O–H groups in total. The summed E-state index contributed by atoms with van der Waals surface area (Å²) in [5, 5.41) is 27.4. The Kier molecular flexibility index (Phi) is 6.24. The van der Waals surface area contributed by atoms with Gasteiger partial charge in [-0.25, -0.2) is 0 Å². The van der Waals surface area contributed by atoms with E-state index < -0.39 is 21.7 Å². The fourth-order valence-corrected chi connectivity index (χ4v) is 2.94. The van der Waals surface area contributed by atoms with E-state index in [2.05, 4.69) is 10.6 Å². The molecular weight excluding hydrogens is 416 g/mol. The van der Waals surface area contributed by atoms with Crippen LogP contribution >= 0.6 is 0 Å². The topological polar surface area (TPSA) is 144 Å². The van der Waals surface area contributed by atoms with Crippen molar-refractivity contribution >= 4 is 34.6 Å². The van der Waals surface area contributed by atoms with E-state index in [9.17, 15) is 29.8 Å². The van der Waals surface area contributed by atoms with E-state index in [-0.39, 0.29) is 22.5 Å². The first kappa shape index (κ1) is 22.1. The van der Waals surface area contributed by atoms with Crippen molar-refractivity contribution in [3.8, 4) is 0 Å². The van der Waals surface area contributed by atoms with E-state index in [1.54, 1.807) is 38.1 Å². The minimum Gasteiger partial charge on any atom is -0.322 e. The Balaban J connectivity index is 1.69. The van der Waals surface area contributed by atoms with Gasteiger partial charge in [-0.1, -0.05) is 12.1 Å². The quantitative estimate of drug-likeness (QED) is 0.428. The summed E-state index contributed by atoms with van der Waals surface area (Å²) >= 11 is 0. The Morgan fingerprint density at radius 1 is 0.656 bits per heavy atom. The molecule has 0 saturated carbocycles. The van der Waals surface area contributed by atoms with Crippen molar-refractivity contribution in [3.05, 3.63) is 103 Å². The summed E-state index contributed by atoms with van der Waals surface area (Å²) in [6.07, 6.45) is 0. The lowest BCUT2D eigenvalue weighted by Crippen LogP contribution is -2.14. The second-order valence-electron chi connectivity index (χ2n) is 7.00. The molecular formula is C22H18N4O6. The molecule has 0 radical (unpaired) electrons. The summed E-state index contributed by atoms with van der Waals surface area (Å²) < 4.78 is 0. The molecule has 0 aromatic heterocycles. The largest absolute Gasteiger partial charge is 0.322 e. The van der Waals surface area contributed by atoms with Crippen LogP contribution in [0.4, 0.5) is 22.7 Å². The Morgan fingerprint density at radius 3 is 1.31 bits per heavy atom. The predicted molar refractivity (Wildman–Crippen MR) is 118 cm³/mol. The molecule has 0 aliphatic heterocycles. The number of amides is 2. The van der Waals surface area contributed by atoms with Gasteiger partial charge in [0, 0.05) is 45.8 Å². The number of nitro benzene ring substituents is 2. The van der Waals surface area contributed by atoms with Crippen LogP contribution in [0.2, 0.25) is 0 Å². The summed E-state index contributed by atoms with van der Waals surface area (Å²) in [6, 6.07) is 14.6. The molecule has 3 aromatic rings. The zero-order valence-electron chi connectivity index (χ0n) is 17.1. The molecule has 0 heterocycles. The molecule has 10 nitrogen and oxygen atoms in total. The van der Waals surface area contributed by atoms with Crippen molar-refractivity contribution in [2.75, 3.05) is 10.6 Å². The van der Waals surface area contributed by atoms with E-state index >= 15 is 0 Å². The first-order chi connectivity index (χ1) is 15.2.